The molecule has 18 heavy (non-hydrogen) atoms. The standard InChI is InChI=1S/C15H34N2O/c1-6-8-11-17(7-2)12-9-10-15(5,13-18)16-14(3)4/h14,16,18H,6-13H2,1-5H3. The van der Waals surface area contributed by atoms with E-state index in [4.69, 9.17) is 0 Å². The van der Waals surface area contributed by atoms with E-state index >= 15 is 0 Å². The Morgan fingerprint density at radius 2 is 1.78 bits per heavy atom. The Labute approximate surface area is 114 Å². The summed E-state index contributed by atoms with van der Waals surface area (Å²) in [5, 5.41) is 13.0. The minimum absolute atomic E-state index is 0.127. The molecule has 0 saturated heterocycles. The van der Waals surface area contributed by atoms with Gasteiger partial charge < -0.3 is 15.3 Å². The highest BCUT2D eigenvalue weighted by Crippen LogP contribution is 2.13. The minimum atomic E-state index is -0.127. The van der Waals surface area contributed by atoms with Crippen LogP contribution >= 0.6 is 0 Å². The Bertz CT molecular complexity index is 197. The Balaban J connectivity index is 3.97. The lowest BCUT2D eigenvalue weighted by Crippen LogP contribution is -2.49. The van der Waals surface area contributed by atoms with Crippen LogP contribution in [0.4, 0.5) is 0 Å². The van der Waals surface area contributed by atoms with Crippen molar-refractivity contribution in [1.82, 2.24) is 10.2 Å². The van der Waals surface area contributed by atoms with Crippen LogP contribution in [0.1, 0.15) is 60.3 Å². The van der Waals surface area contributed by atoms with Crippen molar-refractivity contribution in [2.24, 2.45) is 0 Å². The summed E-state index contributed by atoms with van der Waals surface area (Å²) in [7, 11) is 0. The number of hydrogen-bond donors (Lipinski definition) is 2. The first kappa shape index (κ1) is 17.9. The number of nitrogens with zero attached hydrogens (tertiary/aromatic N) is 1. The van der Waals surface area contributed by atoms with E-state index in [0.717, 1.165) is 25.9 Å². The van der Waals surface area contributed by atoms with Gasteiger partial charge in [0.2, 0.25) is 0 Å². The van der Waals surface area contributed by atoms with Crippen LogP contribution in [-0.2, 0) is 0 Å². The topological polar surface area (TPSA) is 35.5 Å². The molecule has 2 N–H and O–H groups in total. The van der Waals surface area contributed by atoms with Gasteiger partial charge >= 0.3 is 0 Å². The molecule has 0 aliphatic carbocycles. The number of aliphatic hydroxyl groups is 1. The quantitative estimate of drug-likeness (QED) is 0.598. The van der Waals surface area contributed by atoms with E-state index in [0.29, 0.717) is 6.04 Å². The largest absolute Gasteiger partial charge is 0.394 e. The predicted octanol–water partition coefficient (Wildman–Crippen LogP) is 2.64. The van der Waals surface area contributed by atoms with Crippen LogP contribution in [0.5, 0.6) is 0 Å². The summed E-state index contributed by atoms with van der Waals surface area (Å²) in [5.41, 5.74) is -0.127. The highest BCUT2D eigenvalue weighted by atomic mass is 16.3. The third-order valence-electron chi connectivity index (χ3n) is 3.46. The van der Waals surface area contributed by atoms with Crippen LogP contribution < -0.4 is 5.32 Å². The fourth-order valence-corrected chi connectivity index (χ4v) is 2.40. The van der Waals surface area contributed by atoms with Crippen LogP contribution in [0.25, 0.3) is 0 Å². The fraction of sp³-hybridized carbons (Fsp3) is 1.00. The maximum Gasteiger partial charge on any atom is 0.0610 e. The normalized spacial score (nSPS) is 15.3. The van der Waals surface area contributed by atoms with Crippen LogP contribution in [-0.4, -0.2) is 47.8 Å². The molecule has 0 fully saturated rings. The van der Waals surface area contributed by atoms with E-state index in [1.807, 2.05) is 0 Å². The van der Waals surface area contributed by atoms with Crippen molar-refractivity contribution in [2.45, 2.75) is 71.9 Å². The number of hydrogen-bond acceptors (Lipinski definition) is 3. The maximum atomic E-state index is 9.52. The van der Waals surface area contributed by atoms with Gasteiger partial charge in [0.25, 0.3) is 0 Å². The van der Waals surface area contributed by atoms with Gasteiger partial charge in [-0.15, -0.1) is 0 Å². The highest BCUT2D eigenvalue weighted by molar-refractivity contribution is 4.84. The molecule has 3 nitrogen and oxygen atoms in total. The Morgan fingerprint density at radius 1 is 1.17 bits per heavy atom. The van der Waals surface area contributed by atoms with Gasteiger partial charge in [0.15, 0.2) is 0 Å². The highest BCUT2D eigenvalue weighted by Gasteiger charge is 2.23. The van der Waals surface area contributed by atoms with Crippen molar-refractivity contribution < 1.29 is 5.11 Å². The van der Waals surface area contributed by atoms with Gasteiger partial charge in [-0.2, -0.15) is 0 Å². The molecule has 0 aromatic rings. The van der Waals surface area contributed by atoms with Crippen LogP contribution in [0.3, 0.4) is 0 Å². The third-order valence-corrected chi connectivity index (χ3v) is 3.46. The molecule has 0 spiro atoms. The van der Waals surface area contributed by atoms with Crippen molar-refractivity contribution >= 4 is 0 Å². The van der Waals surface area contributed by atoms with E-state index in [2.05, 4.69) is 44.8 Å². The van der Waals surface area contributed by atoms with E-state index < -0.39 is 0 Å². The Kier molecular flexibility index (Phi) is 9.70. The molecule has 110 valence electrons. The number of unbranched alkanes of at least 4 members (excludes halogenated alkanes) is 1. The molecule has 1 unspecified atom stereocenters. The van der Waals surface area contributed by atoms with Crippen LogP contribution in [0, 0.1) is 0 Å². The van der Waals surface area contributed by atoms with Crippen molar-refractivity contribution in [3.63, 3.8) is 0 Å². The monoisotopic (exact) mass is 258 g/mol. The first-order chi connectivity index (χ1) is 8.47. The fourth-order valence-electron chi connectivity index (χ4n) is 2.40. The summed E-state index contributed by atoms with van der Waals surface area (Å²) in [4.78, 5) is 2.51. The zero-order valence-corrected chi connectivity index (χ0v) is 13.1. The second-order valence-corrected chi connectivity index (χ2v) is 5.91. The van der Waals surface area contributed by atoms with Gasteiger partial charge in [0.05, 0.1) is 6.61 Å². The summed E-state index contributed by atoms with van der Waals surface area (Å²) in [6.07, 6.45) is 4.73. The van der Waals surface area contributed by atoms with Gasteiger partial charge in [-0.05, 0) is 45.8 Å². The first-order valence-corrected chi connectivity index (χ1v) is 7.58. The van der Waals surface area contributed by atoms with Crippen molar-refractivity contribution in [3.8, 4) is 0 Å². The van der Waals surface area contributed by atoms with E-state index in [-0.39, 0.29) is 12.1 Å². The smallest absolute Gasteiger partial charge is 0.0610 e. The van der Waals surface area contributed by atoms with Gasteiger partial charge in [0, 0.05) is 11.6 Å². The molecule has 1 atom stereocenters. The average Bonchev–Trinajstić information content (AvgIpc) is 2.32. The second-order valence-electron chi connectivity index (χ2n) is 5.91. The molecular weight excluding hydrogens is 224 g/mol. The number of aliphatic hydroxyl groups excluding tert-OH is 1. The molecule has 0 amide bonds. The number of rotatable bonds is 11. The van der Waals surface area contributed by atoms with Gasteiger partial charge in [0.1, 0.15) is 0 Å². The predicted molar refractivity (Wildman–Crippen MR) is 80.0 cm³/mol. The molecule has 0 aliphatic heterocycles. The molecule has 0 rings (SSSR count). The molecular formula is C15H34N2O. The zero-order chi connectivity index (χ0) is 14.0. The second kappa shape index (κ2) is 9.76. The molecule has 0 saturated carbocycles. The molecule has 0 bridgehead atoms. The van der Waals surface area contributed by atoms with Crippen molar-refractivity contribution in [2.75, 3.05) is 26.2 Å². The Hall–Kier alpha value is -0.120. The average molecular weight is 258 g/mol. The summed E-state index contributed by atoms with van der Waals surface area (Å²) < 4.78 is 0. The summed E-state index contributed by atoms with van der Waals surface area (Å²) >= 11 is 0. The molecule has 3 heteroatoms. The first-order valence-electron chi connectivity index (χ1n) is 7.58. The van der Waals surface area contributed by atoms with E-state index in [1.54, 1.807) is 0 Å². The lowest BCUT2D eigenvalue weighted by molar-refractivity contribution is 0.148. The van der Waals surface area contributed by atoms with Crippen LogP contribution in [0.15, 0.2) is 0 Å². The molecule has 0 aliphatic rings. The lowest BCUT2D eigenvalue weighted by Gasteiger charge is -2.32. The Morgan fingerprint density at radius 3 is 2.22 bits per heavy atom. The molecule has 0 aromatic carbocycles. The van der Waals surface area contributed by atoms with Gasteiger partial charge in [-0.25, -0.2) is 0 Å². The zero-order valence-electron chi connectivity index (χ0n) is 13.1. The summed E-state index contributed by atoms with van der Waals surface area (Å²) in [5.74, 6) is 0. The van der Waals surface area contributed by atoms with Crippen molar-refractivity contribution in [1.29, 1.82) is 0 Å². The van der Waals surface area contributed by atoms with Crippen molar-refractivity contribution in [3.05, 3.63) is 0 Å². The van der Waals surface area contributed by atoms with Gasteiger partial charge in [-0.1, -0.05) is 34.1 Å². The molecule has 0 aromatic heterocycles. The SMILES string of the molecule is CCCCN(CC)CCCC(C)(CO)NC(C)C. The van der Waals surface area contributed by atoms with E-state index in [9.17, 15) is 5.11 Å². The molecule has 0 radical (unpaired) electrons. The lowest BCUT2D eigenvalue weighted by atomic mass is 9.95. The summed E-state index contributed by atoms with van der Waals surface area (Å²) in [6, 6.07) is 0.421. The maximum absolute atomic E-state index is 9.52. The minimum Gasteiger partial charge on any atom is -0.394 e. The number of nitrogens with one attached hydrogen (secondary N) is 1. The molecule has 0 heterocycles. The van der Waals surface area contributed by atoms with Crippen LogP contribution in [0.2, 0.25) is 0 Å². The third kappa shape index (κ3) is 8.06. The van der Waals surface area contributed by atoms with E-state index in [1.165, 1.54) is 19.4 Å². The summed E-state index contributed by atoms with van der Waals surface area (Å²) in [6.45, 7) is 14.6. The van der Waals surface area contributed by atoms with Gasteiger partial charge in [-0.3, -0.25) is 0 Å².